The monoisotopic (exact) mass is 140 g/mol. The maximum Gasteiger partial charge on any atom is 0.666 e. The Bertz CT molecular complexity index is 150. The molecule has 4 heteroatoms. The third-order valence-electron chi connectivity index (χ3n) is 1.87. The van der Waals surface area contributed by atoms with E-state index in [9.17, 15) is 4.79 Å². The highest BCUT2D eigenvalue weighted by Crippen LogP contribution is 2.21. The molecule has 0 aromatic heterocycles. The van der Waals surface area contributed by atoms with Crippen molar-refractivity contribution >= 4 is 21.7 Å². The molecule has 0 aromatic rings. The van der Waals surface area contributed by atoms with Gasteiger partial charge < -0.3 is 7.67 Å². The van der Waals surface area contributed by atoms with Crippen molar-refractivity contribution in [2.24, 2.45) is 0 Å². The Morgan fingerprint density at radius 2 is 2.67 bits per heavy atom. The maximum absolute atomic E-state index is 10.8. The molecule has 2 saturated heterocycles. The zero-order chi connectivity index (χ0) is 6.27. The lowest BCUT2D eigenvalue weighted by Crippen LogP contribution is -2.27. The summed E-state index contributed by atoms with van der Waals surface area (Å²) in [4.78, 5) is 10.8. The summed E-state index contributed by atoms with van der Waals surface area (Å²) in [5.41, 5.74) is 0. The molecule has 3 nitrogen and oxygen atoms in total. The van der Waals surface area contributed by atoms with Crippen molar-refractivity contribution in [3.63, 3.8) is 0 Å². The van der Waals surface area contributed by atoms with Crippen LogP contribution in [0.2, 0.25) is 0 Å². The zero-order valence-corrected chi connectivity index (χ0v) is 6.19. The number of carbonyl (C=O) groups is 1. The molecule has 1 atom stereocenters. The maximum atomic E-state index is 10.8. The zero-order valence-electron chi connectivity index (χ0n) is 5.04. The van der Waals surface area contributed by atoms with Crippen molar-refractivity contribution in [3.05, 3.63) is 0 Å². The Hall–Kier alpha value is -0.0375. The Morgan fingerprint density at radius 3 is 3.44 bits per heavy atom. The first kappa shape index (κ1) is 5.73. The summed E-state index contributed by atoms with van der Waals surface area (Å²) in [6, 6.07) is 0.153. The summed E-state index contributed by atoms with van der Waals surface area (Å²) in [6.07, 6.45) is 2.19. The van der Waals surface area contributed by atoms with E-state index in [1.807, 2.05) is 0 Å². The van der Waals surface area contributed by atoms with Crippen LogP contribution in [0.5, 0.6) is 0 Å². The van der Waals surface area contributed by atoms with E-state index in [-0.39, 0.29) is 27.8 Å². The van der Waals surface area contributed by atoms with Crippen molar-refractivity contribution < 1.29 is 8.58 Å². The standard InChI is InChI=1S/C5H8NO2.Al/c7-5(8)4-2-1-3-6-4;/h4H,1-3H2,(H,7,8);/q-1;+2/p-1/t4-;/m0./s1. The summed E-state index contributed by atoms with van der Waals surface area (Å²) in [5.74, 6) is 0.0162. The van der Waals surface area contributed by atoms with Crippen LogP contribution in [0, 0.1) is 0 Å². The summed E-state index contributed by atoms with van der Waals surface area (Å²) < 4.78 is 7.06. The van der Waals surface area contributed by atoms with Crippen LogP contribution in [0.3, 0.4) is 0 Å². The SMILES string of the molecule is O=C1[O][Al][N]2CCC[C@@H]12. The molecule has 2 aliphatic heterocycles. The highest BCUT2D eigenvalue weighted by Gasteiger charge is 2.39. The molecule has 0 saturated carbocycles. The van der Waals surface area contributed by atoms with Crippen LogP contribution < -0.4 is 0 Å². The molecule has 0 N–H and O–H groups in total. The Morgan fingerprint density at radius 1 is 1.78 bits per heavy atom. The molecule has 0 unspecified atom stereocenters. The van der Waals surface area contributed by atoms with Crippen LogP contribution in [0.4, 0.5) is 0 Å². The first-order valence-electron chi connectivity index (χ1n) is 3.17. The van der Waals surface area contributed by atoms with Crippen LogP contribution in [-0.4, -0.2) is 38.2 Å². The quantitative estimate of drug-likeness (QED) is 0.426. The van der Waals surface area contributed by atoms with Crippen LogP contribution >= 0.6 is 0 Å². The topological polar surface area (TPSA) is 29.5 Å². The summed E-state index contributed by atoms with van der Waals surface area (Å²) in [7, 11) is 0. The molecule has 9 heavy (non-hydrogen) atoms. The van der Waals surface area contributed by atoms with Gasteiger partial charge in [0.15, 0.2) is 0 Å². The fourth-order valence-electron chi connectivity index (χ4n) is 1.37. The molecular weight excluding hydrogens is 133 g/mol. The smallest absolute Gasteiger partial charge is 0.608 e. The molecule has 2 rings (SSSR count). The average molecular weight is 140 g/mol. The third-order valence-corrected chi connectivity index (χ3v) is 3.10. The fourth-order valence-corrected chi connectivity index (χ4v) is 2.47. The number of fused-ring (bicyclic) bond motifs is 1. The fraction of sp³-hybridized carbons (Fsp3) is 0.800. The molecule has 0 aliphatic carbocycles. The largest absolute Gasteiger partial charge is 0.666 e. The van der Waals surface area contributed by atoms with Gasteiger partial charge in [0.25, 0.3) is 5.97 Å². The van der Waals surface area contributed by atoms with E-state index in [1.165, 1.54) is 6.42 Å². The van der Waals surface area contributed by atoms with Crippen LogP contribution in [-0.2, 0) is 8.58 Å². The van der Waals surface area contributed by atoms with Crippen molar-refractivity contribution in [2.45, 2.75) is 18.9 Å². The molecule has 1 radical (unpaired) electrons. The van der Waals surface area contributed by atoms with Crippen molar-refractivity contribution in [3.8, 4) is 0 Å². The Kier molecular flexibility index (Phi) is 1.26. The lowest BCUT2D eigenvalue weighted by molar-refractivity contribution is -0.134. The molecule has 0 spiro atoms. The van der Waals surface area contributed by atoms with Gasteiger partial charge in [0.05, 0.1) is 6.04 Å². The van der Waals surface area contributed by atoms with Gasteiger partial charge in [-0.1, -0.05) is 0 Å². The highest BCUT2D eigenvalue weighted by atomic mass is 27.1. The summed E-state index contributed by atoms with van der Waals surface area (Å²) in [5, 5.41) is 0. The van der Waals surface area contributed by atoms with Gasteiger partial charge in [-0.05, 0) is 19.4 Å². The van der Waals surface area contributed by atoms with Crippen molar-refractivity contribution in [1.29, 1.82) is 0 Å². The Balaban J connectivity index is 2.15. The number of hydrogen-bond acceptors (Lipinski definition) is 3. The van der Waals surface area contributed by atoms with Gasteiger partial charge in [0, 0.05) is 0 Å². The highest BCUT2D eigenvalue weighted by molar-refractivity contribution is 6.31. The van der Waals surface area contributed by atoms with Crippen LogP contribution in [0.1, 0.15) is 12.8 Å². The summed E-state index contributed by atoms with van der Waals surface area (Å²) in [6.45, 7) is 1.08. The second kappa shape index (κ2) is 1.98. The molecule has 0 bridgehead atoms. The molecule has 2 heterocycles. The van der Waals surface area contributed by atoms with E-state index in [0.29, 0.717) is 0 Å². The van der Waals surface area contributed by atoms with Gasteiger partial charge in [0.2, 0.25) is 0 Å². The molecule has 47 valence electrons. The van der Waals surface area contributed by atoms with Gasteiger partial charge in [-0.15, -0.1) is 0 Å². The van der Waals surface area contributed by atoms with E-state index >= 15 is 0 Å². The normalized spacial score (nSPS) is 33.8. The first-order valence-corrected chi connectivity index (χ1v) is 4.16. The van der Waals surface area contributed by atoms with Gasteiger partial charge >= 0.3 is 15.8 Å². The van der Waals surface area contributed by atoms with Crippen molar-refractivity contribution in [1.82, 2.24) is 3.88 Å². The molecule has 0 amide bonds. The van der Waals surface area contributed by atoms with E-state index in [2.05, 4.69) is 3.88 Å². The lowest BCUT2D eigenvalue weighted by atomic mass is 10.2. The minimum Gasteiger partial charge on any atom is -0.608 e. The predicted octanol–water partition coefficient (Wildman–Crippen LogP) is -0.458. The molecule has 0 aromatic carbocycles. The number of carbonyl (C=O) groups excluding carboxylic acids is 1. The predicted molar refractivity (Wildman–Crippen MR) is 31.6 cm³/mol. The van der Waals surface area contributed by atoms with E-state index in [1.54, 1.807) is 0 Å². The number of nitrogens with zero attached hydrogens (tertiary/aromatic N) is 1. The van der Waals surface area contributed by atoms with Gasteiger partial charge in [-0.3, -0.25) is 4.79 Å². The number of rotatable bonds is 0. The summed E-state index contributed by atoms with van der Waals surface area (Å²) >= 11 is -0.142. The number of hydrogen-bond donors (Lipinski definition) is 0. The second-order valence-corrected chi connectivity index (χ2v) is 3.55. The molecule has 2 fully saturated rings. The van der Waals surface area contributed by atoms with Gasteiger partial charge in [-0.2, -0.15) is 0 Å². The van der Waals surface area contributed by atoms with E-state index in [4.69, 9.17) is 3.79 Å². The average Bonchev–Trinajstić information content (AvgIpc) is 2.35. The van der Waals surface area contributed by atoms with Gasteiger partial charge in [-0.25, -0.2) is 0 Å². The van der Waals surface area contributed by atoms with Crippen molar-refractivity contribution in [2.75, 3.05) is 6.54 Å². The van der Waals surface area contributed by atoms with E-state index in [0.717, 1.165) is 13.0 Å². The molecule has 2 aliphatic rings. The molecular formula is C5H7AlNO2. The minimum atomic E-state index is -0.142. The van der Waals surface area contributed by atoms with Crippen LogP contribution in [0.15, 0.2) is 0 Å². The van der Waals surface area contributed by atoms with E-state index < -0.39 is 0 Å². The second-order valence-electron chi connectivity index (χ2n) is 2.44. The third kappa shape index (κ3) is 0.787. The first-order chi connectivity index (χ1) is 4.38. The van der Waals surface area contributed by atoms with Crippen LogP contribution in [0.25, 0.3) is 0 Å². The minimum absolute atomic E-state index is 0.0162. The lowest BCUT2D eigenvalue weighted by Gasteiger charge is -2.06. The Labute approximate surface area is 60.2 Å². The van der Waals surface area contributed by atoms with Gasteiger partial charge in [0.1, 0.15) is 0 Å².